The van der Waals surface area contributed by atoms with Crippen LogP contribution >= 0.6 is 0 Å². The Hall–Kier alpha value is -3.66. The van der Waals surface area contributed by atoms with Crippen LogP contribution in [0.15, 0.2) is 66.7 Å². The molecule has 0 aromatic heterocycles. The number of hydrogen-bond donors (Lipinski definition) is 1. The van der Waals surface area contributed by atoms with Crippen molar-refractivity contribution in [2.45, 2.75) is 56.7 Å². The molecule has 1 N–H and O–H groups in total. The van der Waals surface area contributed by atoms with E-state index in [4.69, 9.17) is 14.2 Å². The van der Waals surface area contributed by atoms with Crippen LogP contribution in [0.2, 0.25) is 18.6 Å². The van der Waals surface area contributed by atoms with Gasteiger partial charge in [0, 0.05) is 36.7 Å². The highest BCUT2D eigenvalue weighted by Crippen LogP contribution is 2.60. The number of methoxy groups -OCH3 is 2. The molecule has 0 radical (unpaired) electrons. The van der Waals surface area contributed by atoms with Gasteiger partial charge in [-0.2, -0.15) is 0 Å². The fourth-order valence-corrected chi connectivity index (χ4v) is 11.6. The van der Waals surface area contributed by atoms with Crippen LogP contribution in [-0.2, 0) is 26.5 Å². The van der Waals surface area contributed by atoms with E-state index in [1.165, 1.54) is 5.19 Å². The summed E-state index contributed by atoms with van der Waals surface area (Å²) in [5.74, 6) is 1.36. The zero-order valence-electron chi connectivity index (χ0n) is 25.5. The lowest BCUT2D eigenvalue weighted by atomic mass is 9.82. The molecule has 43 heavy (non-hydrogen) atoms. The van der Waals surface area contributed by atoms with Crippen molar-refractivity contribution in [2.75, 3.05) is 37.2 Å². The average molecular weight is 601 g/mol. The Kier molecular flexibility index (Phi) is 7.60. The first-order valence-electron chi connectivity index (χ1n) is 15.0. The van der Waals surface area contributed by atoms with Gasteiger partial charge in [0.05, 0.1) is 40.6 Å². The summed E-state index contributed by atoms with van der Waals surface area (Å²) in [4.78, 5) is 30.3. The molecule has 3 aromatic rings. The van der Waals surface area contributed by atoms with Gasteiger partial charge in [0.25, 0.3) is 5.91 Å². The van der Waals surface area contributed by atoms with Crippen LogP contribution in [0.1, 0.15) is 30.9 Å². The van der Waals surface area contributed by atoms with Crippen molar-refractivity contribution in [2.24, 2.45) is 5.92 Å². The Bertz CT molecular complexity index is 1520. The van der Waals surface area contributed by atoms with Gasteiger partial charge in [-0.1, -0.05) is 49.5 Å². The van der Waals surface area contributed by atoms with Crippen molar-refractivity contribution < 1.29 is 28.9 Å². The zero-order chi connectivity index (χ0) is 30.5. The van der Waals surface area contributed by atoms with Gasteiger partial charge < -0.3 is 29.1 Å². The van der Waals surface area contributed by atoms with Gasteiger partial charge in [0.15, 0.2) is 5.60 Å². The average Bonchev–Trinajstić information content (AvgIpc) is 3.43. The first-order valence-corrected chi connectivity index (χ1v) is 18.1. The number of ether oxygens (including phenoxy) is 3. The van der Waals surface area contributed by atoms with Crippen molar-refractivity contribution in [1.82, 2.24) is 0 Å². The van der Waals surface area contributed by atoms with Gasteiger partial charge >= 0.3 is 0 Å². The lowest BCUT2D eigenvalue weighted by molar-refractivity contribution is -0.146. The molecule has 2 amide bonds. The molecule has 3 aliphatic heterocycles. The van der Waals surface area contributed by atoms with Gasteiger partial charge in [-0.25, -0.2) is 0 Å². The first kappa shape index (κ1) is 29.4. The molecule has 3 aliphatic rings. The fraction of sp³-hybridized carbons (Fsp3) is 0.412. The van der Waals surface area contributed by atoms with E-state index in [-0.39, 0.29) is 36.0 Å². The van der Waals surface area contributed by atoms with Gasteiger partial charge in [0.2, 0.25) is 5.91 Å². The first-order chi connectivity index (χ1) is 20.6. The highest BCUT2D eigenvalue weighted by molar-refractivity contribution is 6.91. The second kappa shape index (κ2) is 11.1. The molecular weight excluding hydrogens is 560 g/mol. The van der Waals surface area contributed by atoms with Crippen molar-refractivity contribution in [3.8, 4) is 11.5 Å². The van der Waals surface area contributed by atoms with E-state index in [0.29, 0.717) is 25.1 Å². The second-order valence-corrected chi connectivity index (χ2v) is 17.1. The molecule has 4 atom stereocenters. The maximum absolute atomic E-state index is 14.8. The Morgan fingerprint density at radius 2 is 1.65 bits per heavy atom. The Balaban J connectivity index is 1.39. The number of fused-ring (bicyclic) bond motifs is 2. The lowest BCUT2D eigenvalue weighted by Gasteiger charge is -2.37. The van der Waals surface area contributed by atoms with E-state index >= 15 is 0 Å². The summed E-state index contributed by atoms with van der Waals surface area (Å²) in [7, 11) is 1.04. The predicted molar refractivity (Wildman–Crippen MR) is 169 cm³/mol. The van der Waals surface area contributed by atoms with Crippen molar-refractivity contribution in [3.05, 3.63) is 77.9 Å². The van der Waals surface area contributed by atoms with E-state index in [1.807, 2.05) is 59.5 Å². The van der Waals surface area contributed by atoms with Gasteiger partial charge in [-0.15, -0.1) is 0 Å². The minimum atomic E-state index is -2.25. The van der Waals surface area contributed by atoms with E-state index in [9.17, 15) is 14.7 Å². The number of β-lactam (4-membered cyclic amide) rings is 1. The number of hydrogen-bond acceptors (Lipinski definition) is 6. The molecule has 3 heterocycles. The number of rotatable bonds is 9. The van der Waals surface area contributed by atoms with Crippen molar-refractivity contribution >= 4 is 36.4 Å². The normalized spacial score (nSPS) is 24.8. The van der Waals surface area contributed by atoms with E-state index in [0.717, 1.165) is 34.8 Å². The quantitative estimate of drug-likeness (QED) is 0.286. The number of carbonyl (C=O) groups excluding carboxylic acids is 2. The van der Waals surface area contributed by atoms with Crippen LogP contribution in [0.5, 0.6) is 11.5 Å². The molecular formula is C34H40N2O6Si. The maximum Gasteiger partial charge on any atom is 0.264 e. The van der Waals surface area contributed by atoms with Crippen LogP contribution in [-0.4, -0.2) is 58.5 Å². The Morgan fingerprint density at radius 3 is 2.23 bits per heavy atom. The topological polar surface area (TPSA) is 88.5 Å². The SMILES string of the molecule is COc1ccc([Si](C)(C)[C@H]2[C@H](CCO)O[C@@]3(C(=O)N(Cc4ccc(N5CCC5=O)cc4)c4ccc(OC)cc43)[C@@H]2C)cc1. The Labute approximate surface area is 254 Å². The minimum absolute atomic E-state index is 0.0220. The second-order valence-electron chi connectivity index (χ2n) is 12.4. The highest BCUT2D eigenvalue weighted by Gasteiger charge is 2.66. The zero-order valence-corrected chi connectivity index (χ0v) is 26.5. The standard InChI is InChI=1S/C34H40N2O6Si/c1-22-32(43(4,5)27-13-10-25(40-2)11-14-27)30(17-19-37)42-34(22)28-20-26(41-3)12-15-29(28)36(33(34)39)21-23-6-8-24(9-7-23)35-18-16-31(35)38/h6-15,20,22,30,32,37H,16-19,21H2,1-5H3/t22-,30+,32-,34+/m1/s1. The van der Waals surface area contributed by atoms with Crippen LogP contribution in [0.3, 0.4) is 0 Å². The molecule has 6 rings (SSSR count). The third-order valence-corrected chi connectivity index (χ3v) is 14.3. The molecule has 0 unspecified atom stereocenters. The summed E-state index contributed by atoms with van der Waals surface area (Å²) in [6.45, 7) is 7.89. The van der Waals surface area contributed by atoms with Gasteiger partial charge in [-0.3, -0.25) is 9.59 Å². The third kappa shape index (κ3) is 4.65. The predicted octanol–water partition coefficient (Wildman–Crippen LogP) is 4.59. The lowest BCUT2D eigenvalue weighted by Crippen LogP contribution is -2.51. The molecule has 0 aliphatic carbocycles. The number of nitrogens with zero attached hydrogens (tertiary/aromatic N) is 2. The highest BCUT2D eigenvalue weighted by atomic mass is 28.3. The van der Waals surface area contributed by atoms with Crippen molar-refractivity contribution in [1.29, 1.82) is 0 Å². The molecule has 2 saturated heterocycles. The maximum atomic E-state index is 14.8. The number of anilines is 2. The summed E-state index contributed by atoms with van der Waals surface area (Å²) in [5, 5.41) is 11.4. The number of aliphatic hydroxyl groups is 1. The molecule has 0 saturated carbocycles. The minimum Gasteiger partial charge on any atom is -0.497 e. The number of amides is 2. The largest absolute Gasteiger partial charge is 0.497 e. The summed E-state index contributed by atoms with van der Waals surface area (Å²) in [6, 6.07) is 21.9. The smallest absolute Gasteiger partial charge is 0.264 e. The van der Waals surface area contributed by atoms with Gasteiger partial charge in [-0.05, 0) is 60.0 Å². The Morgan fingerprint density at radius 1 is 0.977 bits per heavy atom. The molecule has 2 fully saturated rings. The summed E-state index contributed by atoms with van der Waals surface area (Å²) < 4.78 is 18.0. The summed E-state index contributed by atoms with van der Waals surface area (Å²) >= 11 is 0. The number of aliphatic hydroxyl groups excluding tert-OH is 1. The number of carbonyl (C=O) groups is 2. The van der Waals surface area contributed by atoms with E-state index in [1.54, 1.807) is 19.1 Å². The van der Waals surface area contributed by atoms with Crippen LogP contribution in [0, 0.1) is 5.92 Å². The molecule has 1 spiro atoms. The van der Waals surface area contributed by atoms with Crippen LogP contribution in [0.4, 0.5) is 11.4 Å². The molecule has 9 heteroatoms. The van der Waals surface area contributed by atoms with Crippen molar-refractivity contribution in [3.63, 3.8) is 0 Å². The summed E-state index contributed by atoms with van der Waals surface area (Å²) in [5.41, 5.74) is 2.33. The van der Waals surface area contributed by atoms with E-state index in [2.05, 4.69) is 32.2 Å². The molecule has 0 bridgehead atoms. The fourth-order valence-electron chi connectivity index (χ4n) is 7.53. The molecule has 8 nitrogen and oxygen atoms in total. The number of benzene rings is 3. The summed E-state index contributed by atoms with van der Waals surface area (Å²) in [6.07, 6.45) is 0.744. The van der Waals surface area contributed by atoms with Gasteiger partial charge in [0.1, 0.15) is 11.5 Å². The monoisotopic (exact) mass is 600 g/mol. The third-order valence-electron chi connectivity index (χ3n) is 9.90. The van der Waals surface area contributed by atoms with Crippen LogP contribution < -0.4 is 24.5 Å². The molecule has 226 valence electrons. The van der Waals surface area contributed by atoms with Crippen LogP contribution in [0.25, 0.3) is 0 Å². The molecule has 3 aromatic carbocycles. The van der Waals surface area contributed by atoms with E-state index < -0.39 is 13.7 Å².